The molecule has 0 heterocycles. The van der Waals surface area contributed by atoms with Crippen molar-refractivity contribution in [2.24, 2.45) is 0 Å². The summed E-state index contributed by atoms with van der Waals surface area (Å²) in [7, 11) is -6.86. The van der Waals surface area contributed by atoms with E-state index in [0.717, 1.165) is 16.7 Å². The summed E-state index contributed by atoms with van der Waals surface area (Å²) >= 11 is 0. The molecule has 0 spiro atoms. The van der Waals surface area contributed by atoms with Gasteiger partial charge in [0, 0.05) is 5.92 Å². The van der Waals surface area contributed by atoms with E-state index in [2.05, 4.69) is 4.18 Å². The highest BCUT2D eigenvalue weighted by molar-refractivity contribution is 7.88. The van der Waals surface area contributed by atoms with Crippen molar-refractivity contribution in [2.75, 3.05) is 0 Å². The maximum Gasteiger partial charge on any atom is 0.446 e. The number of hydrogen-bond donors (Lipinski definition) is 0. The van der Waals surface area contributed by atoms with E-state index >= 15 is 0 Å². The molecule has 252 valence electrons. The molecule has 0 saturated carbocycles. The minimum atomic E-state index is -6.86. The standard InChI is InChI=1S/C33H34F8O4S/c1-19-16-23(17-20(2)28(19)45-46(42,43)33(40,41)31(35,36)30(6,34)32(37,38)39)27-25(21-10-8-7-9-11-21)14-12-22-18-24(13-15-26(22)27)44-29(3,4)5/h7-11,13,15-18,25,27H,12,14H2,1-6H3/t25-,27+,30?/m1/s1. The van der Waals surface area contributed by atoms with Crippen LogP contribution in [0.25, 0.3) is 0 Å². The van der Waals surface area contributed by atoms with Crippen molar-refractivity contribution in [1.82, 2.24) is 0 Å². The van der Waals surface area contributed by atoms with E-state index < -0.39 is 51.4 Å². The average Bonchev–Trinajstić information content (AvgIpc) is 2.93. The molecule has 0 N–H and O–H groups in total. The molecule has 0 aliphatic heterocycles. The third kappa shape index (κ3) is 6.31. The molecule has 0 radical (unpaired) electrons. The molecule has 3 aromatic carbocycles. The maximum absolute atomic E-state index is 14.7. The largest absolute Gasteiger partial charge is 0.488 e. The van der Waals surface area contributed by atoms with Crippen LogP contribution in [0, 0.1) is 13.8 Å². The fourth-order valence-corrected chi connectivity index (χ4v) is 6.84. The summed E-state index contributed by atoms with van der Waals surface area (Å²) in [6.07, 6.45) is -5.11. The van der Waals surface area contributed by atoms with Crippen molar-refractivity contribution in [1.29, 1.82) is 0 Å². The summed E-state index contributed by atoms with van der Waals surface area (Å²) in [6, 6.07) is 18.2. The molecule has 0 saturated heterocycles. The molecule has 3 atom stereocenters. The van der Waals surface area contributed by atoms with Crippen LogP contribution in [0.5, 0.6) is 11.5 Å². The SMILES string of the molecule is Cc1cc([C@@H]2c3ccc(OC(C)(C)C)cc3CC[C@@H]2c2ccccc2)cc(C)c1OS(=O)(=O)C(F)(F)C(F)(F)C(C)(F)C(F)(F)F. The monoisotopic (exact) mass is 678 g/mol. The first-order valence-electron chi connectivity index (χ1n) is 14.3. The van der Waals surface area contributed by atoms with Gasteiger partial charge in [-0.1, -0.05) is 48.5 Å². The van der Waals surface area contributed by atoms with Crippen LogP contribution in [0.15, 0.2) is 60.7 Å². The van der Waals surface area contributed by atoms with Crippen molar-refractivity contribution >= 4 is 10.1 Å². The van der Waals surface area contributed by atoms with Crippen LogP contribution in [-0.4, -0.2) is 37.0 Å². The Hall–Kier alpha value is -3.35. The molecule has 3 aromatic rings. The molecule has 0 amide bonds. The summed E-state index contributed by atoms with van der Waals surface area (Å²) in [4.78, 5) is 0. The lowest BCUT2D eigenvalue weighted by atomic mass is 9.69. The Morgan fingerprint density at radius 1 is 0.761 bits per heavy atom. The Kier molecular flexibility index (Phi) is 9.04. The van der Waals surface area contributed by atoms with E-state index in [-0.39, 0.29) is 23.0 Å². The molecule has 4 rings (SSSR count). The summed E-state index contributed by atoms with van der Waals surface area (Å²) in [5.41, 5.74) is -2.91. The number of aryl methyl sites for hydroxylation is 3. The number of hydrogen-bond acceptors (Lipinski definition) is 4. The van der Waals surface area contributed by atoms with E-state index in [1.807, 2.05) is 69.3 Å². The van der Waals surface area contributed by atoms with Gasteiger partial charge in [0.2, 0.25) is 0 Å². The predicted octanol–water partition coefficient (Wildman–Crippen LogP) is 9.57. The fraction of sp³-hybridized carbons (Fsp3) is 0.455. The second kappa shape index (κ2) is 11.7. The molecule has 0 bridgehead atoms. The Bertz CT molecular complexity index is 1670. The lowest BCUT2D eigenvalue weighted by Gasteiger charge is -2.36. The van der Waals surface area contributed by atoms with Crippen molar-refractivity contribution in [3.8, 4) is 11.5 Å². The van der Waals surface area contributed by atoms with Gasteiger partial charge in [0.25, 0.3) is 5.67 Å². The number of halogens is 8. The molecule has 1 aliphatic rings. The number of ether oxygens (including phenoxy) is 1. The Morgan fingerprint density at radius 3 is 1.85 bits per heavy atom. The summed E-state index contributed by atoms with van der Waals surface area (Å²) in [6.45, 7) is 7.46. The molecular formula is C33H34F8O4S. The van der Waals surface area contributed by atoms with Gasteiger partial charge in [-0.3, -0.25) is 0 Å². The quantitative estimate of drug-likeness (QED) is 0.176. The molecule has 1 unspecified atom stereocenters. The summed E-state index contributed by atoms with van der Waals surface area (Å²) < 4.78 is 146. The van der Waals surface area contributed by atoms with Crippen LogP contribution in [0.2, 0.25) is 0 Å². The van der Waals surface area contributed by atoms with E-state index in [1.165, 1.54) is 26.0 Å². The van der Waals surface area contributed by atoms with Crippen LogP contribution in [0.1, 0.15) is 79.3 Å². The topological polar surface area (TPSA) is 52.6 Å². The van der Waals surface area contributed by atoms with Gasteiger partial charge in [0.1, 0.15) is 17.1 Å². The Labute approximate surface area is 262 Å². The summed E-state index contributed by atoms with van der Waals surface area (Å²) in [5, 5.41) is -6.59. The van der Waals surface area contributed by atoms with Crippen molar-refractivity contribution in [2.45, 2.75) is 94.8 Å². The fourth-order valence-electron chi connectivity index (χ4n) is 5.75. The minimum absolute atomic E-state index is 0.0665. The maximum atomic E-state index is 14.7. The Balaban J connectivity index is 1.78. The molecule has 4 nitrogen and oxygen atoms in total. The number of alkyl halides is 8. The first-order valence-corrected chi connectivity index (χ1v) is 15.8. The lowest BCUT2D eigenvalue weighted by molar-refractivity contribution is -0.330. The van der Waals surface area contributed by atoms with E-state index in [4.69, 9.17) is 4.74 Å². The molecule has 1 aliphatic carbocycles. The second-order valence-corrected chi connectivity index (χ2v) is 14.3. The zero-order valence-corrected chi connectivity index (χ0v) is 26.7. The zero-order chi connectivity index (χ0) is 34.7. The normalized spacial score (nSPS) is 19.3. The third-order valence-corrected chi connectivity index (χ3v) is 9.34. The first kappa shape index (κ1) is 35.5. The van der Waals surface area contributed by atoms with Crippen LogP contribution in [0.3, 0.4) is 0 Å². The van der Waals surface area contributed by atoms with Gasteiger partial charge in [-0.25, -0.2) is 4.39 Å². The molecular weight excluding hydrogens is 644 g/mol. The lowest BCUT2D eigenvalue weighted by Crippen LogP contribution is -2.64. The predicted molar refractivity (Wildman–Crippen MR) is 157 cm³/mol. The molecule has 13 heteroatoms. The van der Waals surface area contributed by atoms with Gasteiger partial charge < -0.3 is 8.92 Å². The molecule has 0 aromatic heterocycles. The average molecular weight is 679 g/mol. The van der Waals surface area contributed by atoms with Crippen LogP contribution >= 0.6 is 0 Å². The van der Waals surface area contributed by atoms with Crippen LogP contribution in [-0.2, 0) is 16.5 Å². The highest BCUT2D eigenvalue weighted by Crippen LogP contribution is 2.54. The second-order valence-electron chi connectivity index (χ2n) is 12.7. The summed E-state index contributed by atoms with van der Waals surface area (Å²) in [5.74, 6) is -7.26. The van der Waals surface area contributed by atoms with E-state index in [1.54, 1.807) is 0 Å². The molecule has 0 fully saturated rings. The van der Waals surface area contributed by atoms with Gasteiger partial charge in [0.15, 0.2) is 0 Å². The van der Waals surface area contributed by atoms with Crippen molar-refractivity contribution in [3.63, 3.8) is 0 Å². The van der Waals surface area contributed by atoms with Gasteiger partial charge in [-0.2, -0.15) is 39.2 Å². The van der Waals surface area contributed by atoms with Gasteiger partial charge in [0.05, 0.1) is 0 Å². The third-order valence-electron chi connectivity index (χ3n) is 8.06. The Morgan fingerprint density at radius 2 is 1.33 bits per heavy atom. The van der Waals surface area contributed by atoms with Gasteiger partial charge in [-0.05, 0) is 106 Å². The first-order chi connectivity index (χ1) is 20.9. The van der Waals surface area contributed by atoms with Crippen LogP contribution in [0.4, 0.5) is 35.1 Å². The van der Waals surface area contributed by atoms with Gasteiger partial charge >= 0.3 is 27.5 Å². The molecule has 46 heavy (non-hydrogen) atoms. The van der Waals surface area contributed by atoms with E-state index in [0.29, 0.717) is 24.2 Å². The number of fused-ring (bicyclic) bond motifs is 1. The smallest absolute Gasteiger partial charge is 0.446 e. The highest BCUT2D eigenvalue weighted by atomic mass is 32.2. The van der Waals surface area contributed by atoms with Crippen LogP contribution < -0.4 is 8.92 Å². The van der Waals surface area contributed by atoms with Crippen molar-refractivity contribution < 1.29 is 52.5 Å². The van der Waals surface area contributed by atoms with Crippen molar-refractivity contribution in [3.05, 3.63) is 94.0 Å². The number of rotatable bonds is 8. The van der Waals surface area contributed by atoms with E-state index in [9.17, 15) is 43.5 Å². The number of benzene rings is 3. The minimum Gasteiger partial charge on any atom is -0.488 e. The van der Waals surface area contributed by atoms with Gasteiger partial charge in [-0.15, -0.1) is 0 Å². The highest BCUT2D eigenvalue weighted by Gasteiger charge is 2.82. The zero-order valence-electron chi connectivity index (χ0n) is 25.9.